The van der Waals surface area contributed by atoms with Crippen LogP contribution in [0.4, 0.5) is 5.69 Å². The van der Waals surface area contributed by atoms with Crippen molar-refractivity contribution in [2.45, 2.75) is 12.8 Å². The summed E-state index contributed by atoms with van der Waals surface area (Å²) in [5.41, 5.74) is 1.73. The Bertz CT molecular complexity index is 738. The Morgan fingerprint density at radius 2 is 2.00 bits per heavy atom. The molecule has 0 aromatic heterocycles. The Balaban J connectivity index is 1.84. The highest BCUT2D eigenvalue weighted by atomic mass is 32.2. The first-order valence-corrected chi connectivity index (χ1v) is 8.11. The van der Waals surface area contributed by atoms with E-state index in [1.165, 1.54) is 12.3 Å². The lowest BCUT2D eigenvalue weighted by Crippen LogP contribution is -2.43. The summed E-state index contributed by atoms with van der Waals surface area (Å²) in [7, 11) is -3.77. The smallest absolute Gasteiger partial charge is 0.259 e. The highest BCUT2D eigenvalue weighted by Crippen LogP contribution is 2.22. The molecule has 1 aromatic carbocycles. The molecule has 21 heavy (non-hydrogen) atoms. The molecule has 0 spiro atoms. The van der Waals surface area contributed by atoms with Crippen LogP contribution in [0.25, 0.3) is 6.08 Å². The highest BCUT2D eigenvalue weighted by molar-refractivity contribution is 7.93. The van der Waals surface area contributed by atoms with Gasteiger partial charge in [-0.15, -0.1) is 4.83 Å². The van der Waals surface area contributed by atoms with Crippen LogP contribution >= 0.6 is 0 Å². The van der Waals surface area contributed by atoms with Crippen molar-refractivity contribution >= 4 is 27.7 Å². The molecule has 110 valence electrons. The van der Waals surface area contributed by atoms with E-state index in [1.54, 1.807) is 6.08 Å². The van der Waals surface area contributed by atoms with Crippen molar-refractivity contribution in [3.8, 4) is 0 Å². The number of sulfonamides is 1. The number of carbonyl (C=O) groups excluding carboxylic acids is 1. The third kappa shape index (κ3) is 2.84. The number of allylic oxidation sites excluding steroid dienone is 1. The van der Waals surface area contributed by atoms with Gasteiger partial charge in [0.15, 0.2) is 0 Å². The Morgan fingerprint density at radius 1 is 1.19 bits per heavy atom. The predicted octanol–water partition coefficient (Wildman–Crippen LogP) is 1.42. The summed E-state index contributed by atoms with van der Waals surface area (Å²) in [6.45, 7) is 0.405. The van der Waals surface area contributed by atoms with Gasteiger partial charge in [-0.1, -0.05) is 24.3 Å². The Kier molecular flexibility index (Phi) is 3.52. The van der Waals surface area contributed by atoms with E-state index in [0.29, 0.717) is 19.4 Å². The number of hydrazine groups is 1. The molecular weight excluding hydrogens is 290 g/mol. The van der Waals surface area contributed by atoms with Crippen molar-refractivity contribution in [2.75, 3.05) is 11.9 Å². The van der Waals surface area contributed by atoms with Gasteiger partial charge in [0.2, 0.25) is 5.91 Å². The van der Waals surface area contributed by atoms with Crippen molar-refractivity contribution in [3.05, 3.63) is 47.0 Å². The lowest BCUT2D eigenvalue weighted by Gasteiger charge is -2.17. The molecule has 1 amide bonds. The van der Waals surface area contributed by atoms with Crippen LogP contribution in [0.15, 0.2) is 41.4 Å². The maximum atomic E-state index is 12.3. The molecule has 0 atom stereocenters. The first-order chi connectivity index (χ1) is 10.1. The van der Waals surface area contributed by atoms with E-state index in [-0.39, 0.29) is 10.8 Å². The number of hydrogen-bond donors (Lipinski definition) is 2. The van der Waals surface area contributed by atoms with E-state index in [1.807, 2.05) is 24.3 Å². The molecule has 6 nitrogen and oxygen atoms in total. The molecule has 1 fully saturated rings. The largest absolute Gasteiger partial charge is 0.360 e. The van der Waals surface area contributed by atoms with Crippen molar-refractivity contribution in [3.63, 3.8) is 0 Å². The molecular formula is C14H15N3O3S. The van der Waals surface area contributed by atoms with E-state index in [0.717, 1.165) is 16.3 Å². The van der Waals surface area contributed by atoms with Gasteiger partial charge in [0.05, 0.1) is 4.91 Å². The molecule has 0 radical (unpaired) electrons. The first-order valence-electron chi connectivity index (χ1n) is 6.63. The molecule has 2 N–H and O–H groups in total. The standard InChI is InChI=1S/C14H15N3O3S/c18-14-6-3-9-17(14)16-21(19,20)12-8-7-11-4-1-2-5-13(11)15-10-12/h1-2,4-5,7-8,10,15-16H,3,6,9H2. The summed E-state index contributed by atoms with van der Waals surface area (Å²) in [5, 5.41) is 4.13. The molecule has 0 bridgehead atoms. The molecule has 2 heterocycles. The van der Waals surface area contributed by atoms with E-state index in [2.05, 4.69) is 10.1 Å². The van der Waals surface area contributed by atoms with E-state index >= 15 is 0 Å². The summed E-state index contributed by atoms with van der Waals surface area (Å²) >= 11 is 0. The number of fused-ring (bicyclic) bond motifs is 1. The quantitative estimate of drug-likeness (QED) is 0.885. The van der Waals surface area contributed by atoms with Crippen molar-refractivity contribution < 1.29 is 13.2 Å². The minimum atomic E-state index is -3.77. The highest BCUT2D eigenvalue weighted by Gasteiger charge is 2.27. The topological polar surface area (TPSA) is 78.5 Å². The zero-order valence-electron chi connectivity index (χ0n) is 11.2. The van der Waals surface area contributed by atoms with Crippen LogP contribution < -0.4 is 10.1 Å². The fraction of sp³-hybridized carbons (Fsp3) is 0.214. The summed E-state index contributed by atoms with van der Waals surface area (Å²) in [6.07, 6.45) is 5.71. The minimum absolute atomic E-state index is 0.0819. The van der Waals surface area contributed by atoms with Gasteiger partial charge >= 0.3 is 0 Å². The number of benzene rings is 1. The van der Waals surface area contributed by atoms with Gasteiger partial charge in [-0.2, -0.15) is 0 Å². The number of nitrogens with zero attached hydrogens (tertiary/aromatic N) is 1. The van der Waals surface area contributed by atoms with Crippen molar-refractivity contribution in [1.82, 2.24) is 9.84 Å². The van der Waals surface area contributed by atoms with E-state index in [9.17, 15) is 13.2 Å². The zero-order chi connectivity index (χ0) is 14.9. The summed E-state index contributed by atoms with van der Waals surface area (Å²) in [6, 6.07) is 7.50. The molecule has 0 saturated carbocycles. The monoisotopic (exact) mass is 305 g/mol. The summed E-state index contributed by atoms with van der Waals surface area (Å²) < 4.78 is 24.7. The number of para-hydroxylation sites is 1. The number of nitrogens with one attached hydrogen (secondary N) is 2. The second-order valence-corrected chi connectivity index (χ2v) is 6.52. The number of carbonyl (C=O) groups is 1. The fourth-order valence-corrected chi connectivity index (χ4v) is 3.30. The number of amides is 1. The normalized spacial score (nSPS) is 18.0. The fourth-order valence-electron chi connectivity index (χ4n) is 2.25. The summed E-state index contributed by atoms with van der Waals surface area (Å²) in [5.74, 6) is -0.201. The molecule has 1 aromatic rings. The molecule has 2 aliphatic rings. The van der Waals surface area contributed by atoms with Crippen LogP contribution in [0.1, 0.15) is 18.4 Å². The molecule has 0 aliphatic carbocycles. The second-order valence-electron chi connectivity index (χ2n) is 4.86. The van der Waals surface area contributed by atoms with Gasteiger partial charge in [-0.05, 0) is 24.1 Å². The number of rotatable bonds is 3. The Morgan fingerprint density at radius 3 is 2.76 bits per heavy atom. The summed E-state index contributed by atoms with van der Waals surface area (Å²) in [4.78, 5) is 13.9. The molecule has 7 heteroatoms. The molecule has 1 saturated heterocycles. The SMILES string of the molecule is O=C1CCCN1NS(=O)(=O)C1=CNc2ccccc2C=C1. The van der Waals surface area contributed by atoms with Crippen LogP contribution in [0.5, 0.6) is 0 Å². The van der Waals surface area contributed by atoms with E-state index in [4.69, 9.17) is 0 Å². The first kappa shape index (κ1) is 13.8. The maximum Gasteiger partial charge on any atom is 0.259 e. The van der Waals surface area contributed by atoms with Crippen LogP contribution in [0.2, 0.25) is 0 Å². The second kappa shape index (κ2) is 5.34. The Hall–Kier alpha value is -2.12. The molecule has 3 rings (SSSR count). The lowest BCUT2D eigenvalue weighted by molar-refractivity contribution is -0.128. The van der Waals surface area contributed by atoms with Gasteiger partial charge in [0.25, 0.3) is 10.0 Å². The van der Waals surface area contributed by atoms with Gasteiger partial charge in [0, 0.05) is 24.9 Å². The van der Waals surface area contributed by atoms with Crippen LogP contribution in [0, 0.1) is 0 Å². The Labute approximate surface area is 123 Å². The average Bonchev–Trinajstić information content (AvgIpc) is 2.74. The third-order valence-electron chi connectivity index (χ3n) is 3.37. The average molecular weight is 305 g/mol. The van der Waals surface area contributed by atoms with Gasteiger partial charge < -0.3 is 5.32 Å². The maximum absolute atomic E-state index is 12.3. The van der Waals surface area contributed by atoms with Gasteiger partial charge in [0.1, 0.15) is 0 Å². The van der Waals surface area contributed by atoms with E-state index < -0.39 is 10.0 Å². The van der Waals surface area contributed by atoms with Gasteiger partial charge in [-0.3, -0.25) is 9.80 Å². The zero-order valence-corrected chi connectivity index (χ0v) is 12.1. The predicted molar refractivity (Wildman–Crippen MR) is 80.2 cm³/mol. The van der Waals surface area contributed by atoms with Crippen molar-refractivity contribution in [1.29, 1.82) is 0 Å². The minimum Gasteiger partial charge on any atom is -0.360 e. The molecule has 2 aliphatic heterocycles. The van der Waals surface area contributed by atoms with Gasteiger partial charge in [-0.25, -0.2) is 8.42 Å². The van der Waals surface area contributed by atoms with Crippen molar-refractivity contribution in [2.24, 2.45) is 0 Å². The van der Waals surface area contributed by atoms with Crippen LogP contribution in [0.3, 0.4) is 0 Å². The number of hydrogen-bond acceptors (Lipinski definition) is 4. The molecule has 0 unspecified atom stereocenters. The third-order valence-corrected chi connectivity index (χ3v) is 4.71. The lowest BCUT2D eigenvalue weighted by atomic mass is 10.2. The van der Waals surface area contributed by atoms with Crippen LogP contribution in [-0.2, 0) is 14.8 Å². The number of anilines is 1. The van der Waals surface area contributed by atoms with Crippen LogP contribution in [-0.4, -0.2) is 25.9 Å².